The average molecular weight is 543 g/mol. The zero-order valence-electron chi connectivity index (χ0n) is 22.1. The van der Waals surface area contributed by atoms with Crippen LogP contribution in [0.25, 0.3) is 11.2 Å². The van der Waals surface area contributed by atoms with Crippen LogP contribution < -0.4 is 22.3 Å². The molecule has 6 atom stereocenters. The smallest absolute Gasteiger partial charge is 0.280 e. The Morgan fingerprint density at radius 3 is 2.85 bits per heavy atom. The number of nitrogen functional groups attached to an aromatic ring is 1. The standard InChI is InChI=1S/C25H35N9O5/c1-28-24(26)30-19-15(10-33(2)16(19)11-35)21-17(36)9-14(39-21)6-4-3-5-13-7-8-18(38-13)34-12-29-20-22(34)31-25(27)32-23(20)37/h10-15,17-18,21,36H,3-9H2,1-2H3,(H5-,26,27,28,30,31,32,35,37)/p+1/t13-,14-,15?,17+,18-,21?/m1/s1. The number of carbonyl (C=O) groups excluding carboxylic acids is 1. The maximum Gasteiger partial charge on any atom is 0.280 e. The third-order valence-electron chi connectivity index (χ3n) is 7.69. The largest absolute Gasteiger partial charge is 0.390 e. The van der Waals surface area contributed by atoms with E-state index in [0.717, 1.165) is 44.8 Å². The third kappa shape index (κ3) is 5.44. The molecule has 0 aromatic carbocycles. The number of imidazole rings is 1. The lowest BCUT2D eigenvalue weighted by Gasteiger charge is -2.19. The molecule has 3 aliphatic rings. The summed E-state index contributed by atoms with van der Waals surface area (Å²) >= 11 is 0. The van der Waals surface area contributed by atoms with Gasteiger partial charge in [0.25, 0.3) is 11.3 Å². The molecule has 0 aliphatic carbocycles. The minimum atomic E-state index is -0.671. The Balaban J connectivity index is 1.11. The van der Waals surface area contributed by atoms with Crippen molar-refractivity contribution in [3.8, 4) is 0 Å². The number of nitrogens with zero attached hydrogens (tertiary/aromatic N) is 5. The average Bonchev–Trinajstić information content (AvgIpc) is 3.67. The zero-order valence-corrected chi connectivity index (χ0v) is 22.1. The molecule has 0 radical (unpaired) electrons. The van der Waals surface area contributed by atoms with Crippen molar-refractivity contribution in [2.45, 2.75) is 75.6 Å². The van der Waals surface area contributed by atoms with E-state index in [0.29, 0.717) is 23.5 Å². The molecule has 2 saturated heterocycles. The summed E-state index contributed by atoms with van der Waals surface area (Å²) in [6.45, 7) is 0. The number of hydrogen-bond acceptors (Lipinski definition) is 9. The number of H-pyrrole nitrogens is 1. The molecule has 0 saturated carbocycles. The molecule has 5 heterocycles. The lowest BCUT2D eigenvalue weighted by molar-refractivity contribution is -0.429. The molecule has 2 aromatic heterocycles. The van der Waals surface area contributed by atoms with Gasteiger partial charge >= 0.3 is 0 Å². The number of rotatable bonds is 9. The van der Waals surface area contributed by atoms with Gasteiger partial charge in [0.15, 0.2) is 23.3 Å². The second kappa shape index (κ2) is 11.2. The highest BCUT2D eigenvalue weighted by atomic mass is 16.5. The summed E-state index contributed by atoms with van der Waals surface area (Å²) in [6, 6.07) is 0. The van der Waals surface area contributed by atoms with Crippen molar-refractivity contribution in [2.75, 3.05) is 19.8 Å². The minimum Gasteiger partial charge on any atom is -0.390 e. The number of fused-ring (bicyclic) bond motifs is 1. The molecule has 2 fully saturated rings. The summed E-state index contributed by atoms with van der Waals surface area (Å²) in [7, 11) is 3.42. The van der Waals surface area contributed by atoms with Crippen molar-refractivity contribution >= 4 is 35.6 Å². The van der Waals surface area contributed by atoms with Gasteiger partial charge in [-0.1, -0.05) is 12.8 Å². The number of nitrogens with two attached hydrogens (primary N) is 2. The van der Waals surface area contributed by atoms with Crippen LogP contribution >= 0.6 is 0 Å². The monoisotopic (exact) mass is 542 g/mol. The number of anilines is 1. The van der Waals surface area contributed by atoms with Gasteiger partial charge in [0.2, 0.25) is 12.2 Å². The minimum absolute atomic E-state index is 0.0504. The Kier molecular flexibility index (Phi) is 7.77. The number of likely N-dealkylation sites (N-methyl/N-ethyl adjacent to an activating group) is 1. The third-order valence-corrected chi connectivity index (χ3v) is 7.69. The van der Waals surface area contributed by atoms with E-state index in [4.69, 9.17) is 20.9 Å². The van der Waals surface area contributed by atoms with Crippen molar-refractivity contribution in [1.29, 1.82) is 0 Å². The van der Waals surface area contributed by atoms with Crippen LogP contribution in [0.3, 0.4) is 0 Å². The highest BCUT2D eigenvalue weighted by molar-refractivity contribution is 5.84. The summed E-state index contributed by atoms with van der Waals surface area (Å²) in [5.41, 5.74) is 12.8. The molecule has 3 aliphatic heterocycles. The SMILES string of the molecule is CN/C(N)=N\C1=C(C=O)[N+](C)=CC1C1O[C@H](CCCC[C@@H]2CC[C@H](n3cnc4c(=O)[nH]c(N)nc43)O2)C[C@@H]1O. The molecular formula is C25H36N9O5+. The molecule has 210 valence electrons. The Morgan fingerprint density at radius 2 is 2.10 bits per heavy atom. The van der Waals surface area contributed by atoms with Crippen LogP contribution in [-0.4, -0.2) is 86.2 Å². The maximum atomic E-state index is 12.1. The van der Waals surface area contributed by atoms with Gasteiger partial charge in [0, 0.05) is 13.5 Å². The van der Waals surface area contributed by atoms with Crippen LogP contribution in [0.5, 0.6) is 0 Å². The van der Waals surface area contributed by atoms with Crippen LogP contribution in [0.4, 0.5) is 5.95 Å². The lowest BCUT2D eigenvalue weighted by Crippen LogP contribution is -2.33. The number of ether oxygens (including phenoxy) is 2. The summed E-state index contributed by atoms with van der Waals surface area (Å²) in [5, 5.41) is 13.6. The molecule has 2 aromatic rings. The van der Waals surface area contributed by atoms with Crippen molar-refractivity contribution in [3.63, 3.8) is 0 Å². The van der Waals surface area contributed by atoms with Gasteiger partial charge in [-0.3, -0.25) is 19.1 Å². The number of aliphatic hydroxyl groups is 1. The van der Waals surface area contributed by atoms with E-state index in [2.05, 4.69) is 25.3 Å². The fraction of sp³-hybridized carbons (Fsp3) is 0.600. The predicted molar refractivity (Wildman–Crippen MR) is 143 cm³/mol. The van der Waals surface area contributed by atoms with Crippen LogP contribution in [0.2, 0.25) is 0 Å². The lowest BCUT2D eigenvalue weighted by atomic mass is 9.95. The molecule has 0 amide bonds. The molecule has 14 heteroatoms. The fourth-order valence-electron chi connectivity index (χ4n) is 5.73. The van der Waals surface area contributed by atoms with E-state index in [-0.39, 0.29) is 47.3 Å². The highest BCUT2D eigenvalue weighted by Crippen LogP contribution is 2.36. The van der Waals surface area contributed by atoms with Gasteiger partial charge in [-0.15, -0.1) is 0 Å². The Hall–Kier alpha value is -3.62. The highest BCUT2D eigenvalue weighted by Gasteiger charge is 2.46. The molecule has 0 bridgehead atoms. The number of nitrogens with one attached hydrogen (secondary N) is 2. The number of hydrogen-bond donors (Lipinski definition) is 5. The van der Waals surface area contributed by atoms with E-state index in [9.17, 15) is 14.7 Å². The van der Waals surface area contributed by atoms with E-state index in [1.54, 1.807) is 29.6 Å². The van der Waals surface area contributed by atoms with Gasteiger partial charge in [-0.2, -0.15) is 4.98 Å². The summed E-state index contributed by atoms with van der Waals surface area (Å²) in [4.78, 5) is 39.0. The van der Waals surface area contributed by atoms with Crippen molar-refractivity contribution < 1.29 is 24.0 Å². The predicted octanol–water partition coefficient (Wildman–Crippen LogP) is -0.254. The van der Waals surface area contributed by atoms with Gasteiger partial charge in [0.05, 0.1) is 24.6 Å². The van der Waals surface area contributed by atoms with Crippen molar-refractivity contribution in [1.82, 2.24) is 24.8 Å². The molecular weight excluding hydrogens is 506 g/mol. The van der Waals surface area contributed by atoms with Crippen molar-refractivity contribution in [3.05, 3.63) is 28.1 Å². The number of guanidine groups is 1. The number of aliphatic imine (C=N–C) groups is 1. The van der Waals surface area contributed by atoms with E-state index in [1.165, 1.54) is 0 Å². The topological polar surface area (TPSA) is 199 Å². The summed E-state index contributed by atoms with van der Waals surface area (Å²) < 4.78 is 16.0. The van der Waals surface area contributed by atoms with Crippen LogP contribution in [-0.2, 0) is 14.3 Å². The molecule has 0 spiro atoms. The number of aliphatic hydroxyl groups excluding tert-OH is 1. The number of aromatic amines is 1. The molecule has 14 nitrogen and oxygen atoms in total. The van der Waals surface area contributed by atoms with Gasteiger partial charge in [0.1, 0.15) is 31.0 Å². The molecule has 7 N–H and O–H groups in total. The summed E-state index contributed by atoms with van der Waals surface area (Å²) in [5.74, 6) is -0.131. The maximum absolute atomic E-state index is 12.1. The Morgan fingerprint density at radius 1 is 1.33 bits per heavy atom. The number of allylic oxidation sites excluding steroid dienone is 1. The van der Waals surface area contributed by atoms with Crippen LogP contribution in [0.1, 0.15) is 51.2 Å². The molecule has 5 rings (SSSR count). The fourth-order valence-corrected chi connectivity index (χ4v) is 5.73. The second-order valence-electron chi connectivity index (χ2n) is 10.3. The number of unbranched alkanes of at least 4 members (excludes halogenated alkanes) is 1. The normalized spacial score (nSPS) is 29.4. The summed E-state index contributed by atoms with van der Waals surface area (Å²) in [6.07, 6.45) is 8.60. The first-order valence-corrected chi connectivity index (χ1v) is 13.3. The number of aldehydes is 1. The Labute approximate surface area is 224 Å². The quantitative estimate of drug-likeness (QED) is 0.0925. The van der Waals surface area contributed by atoms with Crippen molar-refractivity contribution in [2.24, 2.45) is 16.6 Å². The van der Waals surface area contributed by atoms with Crippen LogP contribution in [0, 0.1) is 5.92 Å². The van der Waals surface area contributed by atoms with Gasteiger partial charge in [-0.05, 0) is 25.7 Å². The van der Waals surface area contributed by atoms with E-state index in [1.807, 2.05) is 6.21 Å². The van der Waals surface area contributed by atoms with E-state index < -0.39 is 12.2 Å². The second-order valence-corrected chi connectivity index (χ2v) is 10.3. The first kappa shape index (κ1) is 27.0. The van der Waals surface area contributed by atoms with E-state index >= 15 is 0 Å². The Bertz CT molecular complexity index is 1380. The molecule has 2 unspecified atom stereocenters. The van der Waals surface area contributed by atoms with Gasteiger partial charge in [-0.25, -0.2) is 14.6 Å². The number of carbonyl (C=O) groups is 1. The van der Waals surface area contributed by atoms with Gasteiger partial charge < -0.3 is 31.4 Å². The zero-order chi connectivity index (χ0) is 27.7. The first-order chi connectivity index (χ1) is 18.8. The molecule has 39 heavy (non-hydrogen) atoms. The number of aromatic nitrogens is 4. The first-order valence-electron chi connectivity index (χ1n) is 13.3. The van der Waals surface area contributed by atoms with Crippen LogP contribution in [0.15, 0.2) is 27.5 Å².